The van der Waals surface area contributed by atoms with Crippen LogP contribution >= 0.6 is 0 Å². The van der Waals surface area contributed by atoms with Crippen molar-refractivity contribution in [3.05, 3.63) is 71.3 Å². The zero-order valence-electron chi connectivity index (χ0n) is 19.6. The lowest BCUT2D eigenvalue weighted by molar-refractivity contribution is -0.251. The first-order valence-electron chi connectivity index (χ1n) is 11.4. The molecule has 0 aromatic heterocycles. The lowest BCUT2D eigenvalue weighted by atomic mass is 9.44. The van der Waals surface area contributed by atoms with E-state index in [0.717, 1.165) is 18.4 Å². The van der Waals surface area contributed by atoms with Crippen molar-refractivity contribution in [2.75, 3.05) is 6.61 Å². The van der Waals surface area contributed by atoms with Gasteiger partial charge in [0.05, 0.1) is 5.56 Å². The van der Waals surface area contributed by atoms with Gasteiger partial charge in [-0.05, 0) is 50.3 Å². The number of cyclic esters (lactones) is 1. The first-order chi connectivity index (χ1) is 15.5. The Labute approximate surface area is 194 Å². The molecule has 1 aliphatic heterocycles. The van der Waals surface area contributed by atoms with Crippen molar-refractivity contribution in [3.8, 4) is 0 Å². The van der Waals surface area contributed by atoms with Crippen LogP contribution in [-0.2, 0) is 14.3 Å². The highest BCUT2D eigenvalue weighted by atomic mass is 16.6. The van der Waals surface area contributed by atoms with Gasteiger partial charge < -0.3 is 19.7 Å². The Morgan fingerprint density at radius 3 is 2.55 bits per heavy atom. The van der Waals surface area contributed by atoms with Crippen molar-refractivity contribution >= 4 is 11.9 Å². The van der Waals surface area contributed by atoms with Crippen LogP contribution in [0.2, 0.25) is 0 Å². The van der Waals surface area contributed by atoms with Crippen LogP contribution < -0.4 is 0 Å². The lowest BCUT2D eigenvalue weighted by Crippen LogP contribution is -2.71. The van der Waals surface area contributed by atoms with Crippen LogP contribution in [0, 0.1) is 16.7 Å². The molecule has 176 valence electrons. The zero-order chi connectivity index (χ0) is 24.0. The molecule has 6 nitrogen and oxygen atoms in total. The molecule has 1 saturated carbocycles. The Morgan fingerprint density at radius 2 is 1.91 bits per heavy atom. The first kappa shape index (κ1) is 23.5. The van der Waals surface area contributed by atoms with Crippen LogP contribution in [0.5, 0.6) is 0 Å². The number of aliphatic hydroxyl groups excluding tert-OH is 1. The third-order valence-corrected chi connectivity index (χ3v) is 8.32. The quantitative estimate of drug-likeness (QED) is 0.534. The summed E-state index contributed by atoms with van der Waals surface area (Å²) < 4.78 is 11.0. The Balaban J connectivity index is 1.76. The van der Waals surface area contributed by atoms with E-state index in [1.165, 1.54) is 6.08 Å². The lowest BCUT2D eigenvalue weighted by Gasteiger charge is -2.64. The SMILES string of the molecule is CC1=CCC[C@H]2[C@@]1(C)[C@@H](OC(=O)c1ccccc1)[C@H](O)[C@](C)(O)[C@]2(C)/C=C/C1=CC(=O)OC1. The van der Waals surface area contributed by atoms with Gasteiger partial charge in [0, 0.05) is 16.9 Å². The summed E-state index contributed by atoms with van der Waals surface area (Å²) in [6, 6.07) is 8.68. The minimum atomic E-state index is -1.60. The second-order valence-corrected chi connectivity index (χ2v) is 10.0. The fourth-order valence-electron chi connectivity index (χ4n) is 5.90. The van der Waals surface area contributed by atoms with Gasteiger partial charge in [-0.3, -0.25) is 0 Å². The van der Waals surface area contributed by atoms with Gasteiger partial charge >= 0.3 is 11.9 Å². The molecule has 3 aliphatic rings. The van der Waals surface area contributed by atoms with Crippen LogP contribution in [-0.4, -0.2) is 46.6 Å². The molecule has 1 aromatic rings. The molecule has 2 aliphatic carbocycles. The molecule has 0 bridgehead atoms. The molecule has 0 radical (unpaired) electrons. The van der Waals surface area contributed by atoms with Gasteiger partial charge in [0.2, 0.25) is 0 Å². The number of allylic oxidation sites excluding steroid dienone is 1. The predicted molar refractivity (Wildman–Crippen MR) is 123 cm³/mol. The highest BCUT2D eigenvalue weighted by Gasteiger charge is 2.68. The van der Waals surface area contributed by atoms with E-state index in [0.29, 0.717) is 11.1 Å². The molecule has 0 saturated heterocycles. The summed E-state index contributed by atoms with van der Waals surface area (Å²) in [4.78, 5) is 24.5. The van der Waals surface area contributed by atoms with Crippen molar-refractivity contribution in [2.45, 2.75) is 58.3 Å². The molecule has 6 atom stereocenters. The number of carbonyl (C=O) groups is 2. The van der Waals surface area contributed by atoms with E-state index >= 15 is 0 Å². The standard InChI is InChI=1S/C27H32O6/c1-17-9-8-12-20-25(2,14-13-18-15-21(28)32-16-18)27(4,31)22(29)23(26(17,20)3)33-24(30)19-10-6-5-7-11-19/h5-7,9-11,13-15,20,22-23,29,31H,8,12,16H2,1-4H3/b14-13+/t20-,22+,23+,25-,26+,27+/m1/s1. The molecule has 33 heavy (non-hydrogen) atoms. The molecule has 6 heteroatoms. The summed E-state index contributed by atoms with van der Waals surface area (Å²) in [5, 5.41) is 23.3. The van der Waals surface area contributed by atoms with Gasteiger partial charge in [0.25, 0.3) is 0 Å². The van der Waals surface area contributed by atoms with Gasteiger partial charge in [-0.25, -0.2) is 9.59 Å². The van der Waals surface area contributed by atoms with E-state index in [1.54, 1.807) is 37.3 Å². The van der Waals surface area contributed by atoms with Gasteiger partial charge in [0.1, 0.15) is 24.4 Å². The number of hydrogen-bond donors (Lipinski definition) is 2. The van der Waals surface area contributed by atoms with Gasteiger partial charge in [-0.15, -0.1) is 0 Å². The number of carbonyl (C=O) groups excluding carboxylic acids is 2. The van der Waals surface area contributed by atoms with Crippen LogP contribution in [0.1, 0.15) is 50.9 Å². The number of fused-ring (bicyclic) bond motifs is 1. The van der Waals surface area contributed by atoms with Crippen LogP contribution in [0.4, 0.5) is 0 Å². The minimum Gasteiger partial charge on any atom is -0.458 e. The average Bonchev–Trinajstić information content (AvgIpc) is 3.21. The molecule has 2 N–H and O–H groups in total. The third-order valence-electron chi connectivity index (χ3n) is 8.32. The summed E-state index contributed by atoms with van der Waals surface area (Å²) in [7, 11) is 0. The third kappa shape index (κ3) is 3.65. The van der Waals surface area contributed by atoms with Crippen molar-refractivity contribution in [3.63, 3.8) is 0 Å². The van der Waals surface area contributed by atoms with Crippen LogP contribution in [0.3, 0.4) is 0 Å². The molecule has 1 fully saturated rings. The largest absolute Gasteiger partial charge is 0.458 e. The number of esters is 2. The summed E-state index contributed by atoms with van der Waals surface area (Å²) >= 11 is 0. The van der Waals surface area contributed by atoms with Gasteiger partial charge in [-0.2, -0.15) is 0 Å². The van der Waals surface area contributed by atoms with Crippen LogP contribution in [0.15, 0.2) is 65.8 Å². The number of hydrogen-bond acceptors (Lipinski definition) is 6. The van der Waals surface area contributed by atoms with Gasteiger partial charge in [0.15, 0.2) is 0 Å². The van der Waals surface area contributed by atoms with Gasteiger partial charge in [-0.1, -0.05) is 55.8 Å². The second-order valence-electron chi connectivity index (χ2n) is 10.0. The van der Waals surface area contributed by atoms with E-state index < -0.39 is 34.6 Å². The summed E-state index contributed by atoms with van der Waals surface area (Å²) in [5.41, 5.74) is -1.02. The second kappa shape index (κ2) is 8.26. The average molecular weight is 453 g/mol. The smallest absolute Gasteiger partial charge is 0.338 e. The van der Waals surface area contributed by atoms with E-state index in [1.807, 2.05) is 32.9 Å². The molecular formula is C27H32O6. The van der Waals surface area contributed by atoms with Crippen molar-refractivity contribution in [1.82, 2.24) is 0 Å². The van der Waals surface area contributed by atoms with Crippen molar-refractivity contribution in [2.24, 2.45) is 16.7 Å². The van der Waals surface area contributed by atoms with Crippen LogP contribution in [0.25, 0.3) is 0 Å². The summed E-state index contributed by atoms with van der Waals surface area (Å²) in [6.07, 6.45) is 6.57. The summed E-state index contributed by atoms with van der Waals surface area (Å²) in [5.74, 6) is -1.04. The maximum atomic E-state index is 13.0. The molecule has 1 aromatic carbocycles. The highest BCUT2D eigenvalue weighted by molar-refractivity contribution is 5.89. The Bertz CT molecular complexity index is 1040. The van der Waals surface area contributed by atoms with E-state index in [4.69, 9.17) is 9.47 Å². The Kier molecular flexibility index (Phi) is 5.87. The Morgan fingerprint density at radius 1 is 1.21 bits per heavy atom. The maximum Gasteiger partial charge on any atom is 0.338 e. The fourth-order valence-corrected chi connectivity index (χ4v) is 5.90. The molecule has 1 heterocycles. The minimum absolute atomic E-state index is 0.128. The molecule has 0 spiro atoms. The zero-order valence-corrected chi connectivity index (χ0v) is 19.6. The predicted octanol–water partition coefficient (Wildman–Crippen LogP) is 3.75. The molecule has 0 amide bonds. The normalized spacial score (nSPS) is 38.4. The maximum absolute atomic E-state index is 13.0. The van der Waals surface area contributed by atoms with Crippen molar-refractivity contribution < 1.29 is 29.3 Å². The molecule has 0 unspecified atom stereocenters. The number of aliphatic hydroxyl groups is 2. The molecule has 4 rings (SSSR count). The highest BCUT2D eigenvalue weighted by Crippen LogP contribution is 2.63. The monoisotopic (exact) mass is 452 g/mol. The summed E-state index contributed by atoms with van der Waals surface area (Å²) in [6.45, 7) is 7.73. The number of benzene rings is 1. The van der Waals surface area contributed by atoms with E-state index in [-0.39, 0.29) is 18.5 Å². The fraction of sp³-hybridized carbons (Fsp3) is 0.481. The topological polar surface area (TPSA) is 93.1 Å². The van der Waals surface area contributed by atoms with E-state index in [2.05, 4.69) is 6.08 Å². The Hall–Kier alpha value is -2.70. The first-order valence-corrected chi connectivity index (χ1v) is 11.4. The van der Waals surface area contributed by atoms with E-state index in [9.17, 15) is 19.8 Å². The van der Waals surface area contributed by atoms with Crippen molar-refractivity contribution in [1.29, 1.82) is 0 Å². The molecular weight excluding hydrogens is 420 g/mol. The number of rotatable bonds is 4. The number of ether oxygens (including phenoxy) is 2.